The van der Waals surface area contributed by atoms with Crippen molar-refractivity contribution in [2.45, 2.75) is 19.1 Å². The fourth-order valence-corrected chi connectivity index (χ4v) is 2.77. The molecule has 3 aromatic rings. The first-order valence-corrected chi connectivity index (χ1v) is 8.23. The maximum atomic E-state index is 13.0. The molecule has 0 bridgehead atoms. The van der Waals surface area contributed by atoms with Gasteiger partial charge in [-0.15, -0.1) is 0 Å². The third-order valence-corrected chi connectivity index (χ3v) is 4.21. The van der Waals surface area contributed by atoms with E-state index in [2.05, 4.69) is 22.4 Å². The molecule has 1 heterocycles. The van der Waals surface area contributed by atoms with E-state index >= 15 is 0 Å². The lowest BCUT2D eigenvalue weighted by Crippen LogP contribution is -2.35. The SMILES string of the molecule is CC(O)(CNCc1cccc(-c2ccncc2)c1)c1ccc(F)cc1. The van der Waals surface area contributed by atoms with E-state index in [4.69, 9.17) is 0 Å². The van der Waals surface area contributed by atoms with Gasteiger partial charge in [0, 0.05) is 25.5 Å². The van der Waals surface area contributed by atoms with E-state index in [0.29, 0.717) is 18.7 Å². The van der Waals surface area contributed by atoms with Gasteiger partial charge in [0.15, 0.2) is 0 Å². The molecule has 0 radical (unpaired) electrons. The molecule has 0 spiro atoms. The number of aromatic nitrogens is 1. The molecule has 1 aromatic heterocycles. The number of pyridine rings is 1. The molecule has 0 amide bonds. The quantitative estimate of drug-likeness (QED) is 0.718. The minimum absolute atomic E-state index is 0.305. The van der Waals surface area contributed by atoms with Crippen LogP contribution in [0.25, 0.3) is 11.1 Å². The van der Waals surface area contributed by atoms with Gasteiger partial charge in [-0.2, -0.15) is 0 Å². The Hall–Kier alpha value is -2.56. The molecule has 0 saturated carbocycles. The van der Waals surface area contributed by atoms with Crippen molar-refractivity contribution >= 4 is 0 Å². The smallest absolute Gasteiger partial charge is 0.123 e. The van der Waals surface area contributed by atoms with Crippen LogP contribution >= 0.6 is 0 Å². The van der Waals surface area contributed by atoms with Gasteiger partial charge in [-0.3, -0.25) is 4.98 Å². The molecular weight excluding hydrogens is 315 g/mol. The maximum Gasteiger partial charge on any atom is 0.123 e. The molecule has 0 aliphatic heterocycles. The molecule has 0 aliphatic rings. The molecule has 0 fully saturated rings. The Morgan fingerprint density at radius 1 is 1.00 bits per heavy atom. The number of rotatable bonds is 6. The molecule has 128 valence electrons. The summed E-state index contributed by atoms with van der Waals surface area (Å²) in [5.74, 6) is -0.305. The number of aliphatic hydroxyl groups is 1. The van der Waals surface area contributed by atoms with Crippen LogP contribution in [0.2, 0.25) is 0 Å². The van der Waals surface area contributed by atoms with Crippen molar-refractivity contribution in [3.63, 3.8) is 0 Å². The molecule has 3 nitrogen and oxygen atoms in total. The van der Waals surface area contributed by atoms with Crippen molar-refractivity contribution in [3.8, 4) is 11.1 Å². The van der Waals surface area contributed by atoms with Crippen molar-refractivity contribution in [1.29, 1.82) is 0 Å². The Kier molecular flexibility index (Phi) is 5.22. The highest BCUT2D eigenvalue weighted by molar-refractivity contribution is 5.63. The number of hydrogen-bond donors (Lipinski definition) is 2. The van der Waals surface area contributed by atoms with Crippen molar-refractivity contribution in [1.82, 2.24) is 10.3 Å². The van der Waals surface area contributed by atoms with Gasteiger partial charge in [-0.05, 0) is 59.5 Å². The molecule has 0 saturated heterocycles. The molecule has 4 heteroatoms. The van der Waals surface area contributed by atoms with Crippen LogP contribution in [0.5, 0.6) is 0 Å². The van der Waals surface area contributed by atoms with Gasteiger partial charge in [-0.1, -0.05) is 30.3 Å². The predicted molar refractivity (Wildman–Crippen MR) is 97.4 cm³/mol. The zero-order chi connectivity index (χ0) is 17.7. The molecule has 3 rings (SSSR count). The number of benzene rings is 2. The van der Waals surface area contributed by atoms with Gasteiger partial charge in [0.2, 0.25) is 0 Å². The fraction of sp³-hybridized carbons (Fsp3) is 0.190. The summed E-state index contributed by atoms with van der Waals surface area (Å²) in [6.07, 6.45) is 3.56. The van der Waals surface area contributed by atoms with Crippen LogP contribution < -0.4 is 5.32 Å². The summed E-state index contributed by atoms with van der Waals surface area (Å²) in [5.41, 5.74) is 3.01. The second-order valence-electron chi connectivity index (χ2n) is 6.32. The summed E-state index contributed by atoms with van der Waals surface area (Å²) < 4.78 is 13.0. The third-order valence-electron chi connectivity index (χ3n) is 4.21. The molecule has 1 atom stereocenters. The minimum Gasteiger partial charge on any atom is -0.384 e. The minimum atomic E-state index is -1.06. The highest BCUT2D eigenvalue weighted by atomic mass is 19.1. The van der Waals surface area contributed by atoms with Crippen molar-refractivity contribution in [2.75, 3.05) is 6.54 Å². The molecule has 25 heavy (non-hydrogen) atoms. The van der Waals surface area contributed by atoms with Crippen molar-refractivity contribution in [3.05, 3.63) is 90.0 Å². The van der Waals surface area contributed by atoms with Gasteiger partial charge >= 0.3 is 0 Å². The van der Waals surface area contributed by atoms with E-state index in [0.717, 1.165) is 16.7 Å². The van der Waals surface area contributed by atoms with Gasteiger partial charge in [-0.25, -0.2) is 4.39 Å². The monoisotopic (exact) mass is 336 g/mol. The Morgan fingerprint density at radius 3 is 2.44 bits per heavy atom. The highest BCUT2D eigenvalue weighted by Gasteiger charge is 2.22. The lowest BCUT2D eigenvalue weighted by atomic mass is 9.96. The number of nitrogens with one attached hydrogen (secondary N) is 1. The average Bonchev–Trinajstić information content (AvgIpc) is 2.63. The standard InChI is InChI=1S/C21H21FN2O/c1-21(25,19-5-7-20(22)8-6-19)15-24-14-16-3-2-4-18(13-16)17-9-11-23-12-10-17/h2-13,24-25H,14-15H2,1H3. The Morgan fingerprint density at radius 2 is 1.72 bits per heavy atom. The predicted octanol–water partition coefficient (Wildman–Crippen LogP) is 3.89. The molecule has 0 aliphatic carbocycles. The van der Waals surface area contributed by atoms with Crippen LogP contribution in [0.3, 0.4) is 0 Å². The van der Waals surface area contributed by atoms with Gasteiger partial charge in [0.05, 0.1) is 5.60 Å². The van der Waals surface area contributed by atoms with Crippen LogP contribution in [0.1, 0.15) is 18.1 Å². The van der Waals surface area contributed by atoms with E-state index in [-0.39, 0.29) is 5.82 Å². The number of halogens is 1. The van der Waals surface area contributed by atoms with Gasteiger partial charge in [0.1, 0.15) is 5.82 Å². The van der Waals surface area contributed by atoms with Crippen LogP contribution in [0.4, 0.5) is 4.39 Å². The normalized spacial score (nSPS) is 13.4. The number of hydrogen-bond acceptors (Lipinski definition) is 3. The maximum absolute atomic E-state index is 13.0. The Labute approximate surface area is 147 Å². The zero-order valence-electron chi connectivity index (χ0n) is 14.1. The fourth-order valence-electron chi connectivity index (χ4n) is 2.77. The molecule has 2 N–H and O–H groups in total. The first-order chi connectivity index (χ1) is 12.0. The van der Waals surface area contributed by atoms with E-state index in [9.17, 15) is 9.50 Å². The lowest BCUT2D eigenvalue weighted by Gasteiger charge is -2.24. The molecule has 2 aromatic carbocycles. The van der Waals surface area contributed by atoms with E-state index in [1.165, 1.54) is 12.1 Å². The van der Waals surface area contributed by atoms with E-state index in [1.807, 2.05) is 24.3 Å². The molecule has 1 unspecified atom stereocenters. The first kappa shape index (κ1) is 17.3. The summed E-state index contributed by atoms with van der Waals surface area (Å²) in [4.78, 5) is 4.04. The topological polar surface area (TPSA) is 45.1 Å². The zero-order valence-corrected chi connectivity index (χ0v) is 14.1. The first-order valence-electron chi connectivity index (χ1n) is 8.23. The second kappa shape index (κ2) is 7.55. The Bertz CT molecular complexity index is 817. The summed E-state index contributed by atoms with van der Waals surface area (Å²) >= 11 is 0. The summed E-state index contributed by atoms with van der Waals surface area (Å²) in [6, 6.07) is 18.2. The largest absolute Gasteiger partial charge is 0.384 e. The van der Waals surface area contributed by atoms with Crippen LogP contribution in [0.15, 0.2) is 73.1 Å². The van der Waals surface area contributed by atoms with Crippen LogP contribution in [0, 0.1) is 5.82 Å². The van der Waals surface area contributed by atoms with E-state index < -0.39 is 5.60 Å². The van der Waals surface area contributed by atoms with E-state index in [1.54, 1.807) is 31.5 Å². The van der Waals surface area contributed by atoms with Gasteiger partial charge < -0.3 is 10.4 Å². The lowest BCUT2D eigenvalue weighted by molar-refractivity contribution is 0.0566. The van der Waals surface area contributed by atoms with Crippen molar-refractivity contribution < 1.29 is 9.50 Å². The van der Waals surface area contributed by atoms with Gasteiger partial charge in [0.25, 0.3) is 0 Å². The van der Waals surface area contributed by atoms with Crippen LogP contribution in [-0.4, -0.2) is 16.6 Å². The van der Waals surface area contributed by atoms with Crippen LogP contribution in [-0.2, 0) is 12.1 Å². The average molecular weight is 336 g/mol. The highest BCUT2D eigenvalue weighted by Crippen LogP contribution is 2.21. The molecular formula is C21H21FN2O. The summed E-state index contributed by atoms with van der Waals surface area (Å²) in [6.45, 7) is 2.73. The summed E-state index contributed by atoms with van der Waals surface area (Å²) in [7, 11) is 0. The third kappa shape index (κ3) is 4.50. The van der Waals surface area contributed by atoms with Crippen molar-refractivity contribution in [2.24, 2.45) is 0 Å². The second-order valence-corrected chi connectivity index (χ2v) is 6.32. The Balaban J connectivity index is 1.63. The number of nitrogens with zero attached hydrogens (tertiary/aromatic N) is 1. The summed E-state index contributed by atoms with van der Waals surface area (Å²) in [5, 5.41) is 13.9.